The number of carbonyl (C=O) groups is 1. The van der Waals surface area contributed by atoms with Crippen molar-refractivity contribution in [3.8, 4) is 5.75 Å². The molecule has 0 saturated heterocycles. The fraction of sp³-hybridized carbons (Fsp3) is 0.308. The predicted octanol–water partition coefficient (Wildman–Crippen LogP) is 2.33. The quantitative estimate of drug-likeness (QED) is 0.778. The number of para-hydroxylation sites is 1. The number of allylic oxidation sites excluding steroid dienone is 1. The smallest absolute Gasteiger partial charge is 0.234 e. The third-order valence-electron chi connectivity index (χ3n) is 2.32. The Bertz CT molecular complexity index is 381. The molecule has 0 aliphatic carbocycles. The van der Waals surface area contributed by atoms with Crippen LogP contribution < -0.4 is 4.74 Å². The zero-order chi connectivity index (χ0) is 11.2. The molecular weight excluding hydrogens is 204 g/mol. The van der Waals surface area contributed by atoms with Gasteiger partial charge in [-0.05, 0) is 31.1 Å². The number of carbonyl (C=O) groups excluding carboxylic acids is 1. The van der Waals surface area contributed by atoms with E-state index in [4.69, 9.17) is 9.47 Å². The molecule has 0 N–H and O–H groups in total. The summed E-state index contributed by atoms with van der Waals surface area (Å²) in [4.78, 5) is 11.7. The van der Waals surface area contributed by atoms with E-state index in [1.807, 2.05) is 36.4 Å². The second-order valence-electron chi connectivity index (χ2n) is 3.58. The molecule has 0 atom stereocenters. The maximum Gasteiger partial charge on any atom is 0.234 e. The Morgan fingerprint density at radius 2 is 2.12 bits per heavy atom. The number of Topliss-reactive ketones (excluding diaryl/α,β-unsaturated/α-hetero) is 1. The minimum absolute atomic E-state index is 0.0375. The van der Waals surface area contributed by atoms with Crippen molar-refractivity contribution in [2.75, 3.05) is 13.2 Å². The van der Waals surface area contributed by atoms with Crippen LogP contribution in [0.5, 0.6) is 5.75 Å². The van der Waals surface area contributed by atoms with E-state index in [0.29, 0.717) is 18.1 Å². The van der Waals surface area contributed by atoms with Crippen LogP contribution in [-0.2, 0) is 9.53 Å². The maximum absolute atomic E-state index is 11.7. The largest absolute Gasteiger partial charge is 0.490 e. The Labute approximate surface area is 94.7 Å². The molecule has 0 amide bonds. The highest BCUT2D eigenvalue weighted by atomic mass is 16.5. The van der Waals surface area contributed by atoms with Crippen molar-refractivity contribution >= 4 is 5.78 Å². The first-order valence-corrected chi connectivity index (χ1v) is 5.40. The average molecular weight is 218 g/mol. The molecule has 1 aliphatic rings. The number of hydrogen-bond donors (Lipinski definition) is 0. The van der Waals surface area contributed by atoms with Gasteiger partial charge in [-0.2, -0.15) is 0 Å². The first-order chi connectivity index (χ1) is 7.86. The second-order valence-corrected chi connectivity index (χ2v) is 3.58. The molecule has 3 heteroatoms. The zero-order valence-corrected chi connectivity index (χ0v) is 9.02. The van der Waals surface area contributed by atoms with Crippen LogP contribution in [0.2, 0.25) is 0 Å². The van der Waals surface area contributed by atoms with Crippen LogP contribution in [-0.4, -0.2) is 19.0 Å². The lowest BCUT2D eigenvalue weighted by atomic mass is 10.2. The van der Waals surface area contributed by atoms with Crippen molar-refractivity contribution in [1.82, 2.24) is 0 Å². The van der Waals surface area contributed by atoms with Crippen molar-refractivity contribution in [3.63, 3.8) is 0 Å². The Morgan fingerprint density at radius 1 is 1.31 bits per heavy atom. The molecule has 0 radical (unpaired) electrons. The van der Waals surface area contributed by atoms with Crippen LogP contribution in [0.25, 0.3) is 0 Å². The SMILES string of the molecule is O=C(COc1ccccc1)C1=CCCCO1. The van der Waals surface area contributed by atoms with E-state index in [1.165, 1.54) is 0 Å². The summed E-state index contributed by atoms with van der Waals surface area (Å²) in [6.07, 6.45) is 3.73. The van der Waals surface area contributed by atoms with Gasteiger partial charge in [-0.25, -0.2) is 0 Å². The number of hydrogen-bond acceptors (Lipinski definition) is 3. The lowest BCUT2D eigenvalue weighted by Gasteiger charge is -2.13. The van der Waals surface area contributed by atoms with Gasteiger partial charge in [-0.3, -0.25) is 4.79 Å². The van der Waals surface area contributed by atoms with Crippen LogP contribution in [0.4, 0.5) is 0 Å². The molecule has 1 aliphatic heterocycles. The van der Waals surface area contributed by atoms with Gasteiger partial charge >= 0.3 is 0 Å². The van der Waals surface area contributed by atoms with Crippen molar-refractivity contribution in [3.05, 3.63) is 42.2 Å². The molecule has 2 rings (SSSR count). The summed E-state index contributed by atoms with van der Waals surface area (Å²) in [6.45, 7) is 0.665. The molecule has 1 heterocycles. The summed E-state index contributed by atoms with van der Waals surface area (Å²) in [5.74, 6) is 1.05. The standard InChI is InChI=1S/C13H14O3/c14-12(13-8-4-5-9-15-13)10-16-11-6-2-1-3-7-11/h1-3,6-8H,4-5,9-10H2. The summed E-state index contributed by atoms with van der Waals surface area (Å²) < 4.78 is 10.6. The summed E-state index contributed by atoms with van der Waals surface area (Å²) in [5.41, 5.74) is 0. The molecule has 1 aromatic carbocycles. The van der Waals surface area contributed by atoms with Crippen molar-refractivity contribution in [1.29, 1.82) is 0 Å². The third kappa shape index (κ3) is 2.86. The van der Waals surface area contributed by atoms with E-state index in [9.17, 15) is 4.79 Å². The molecule has 84 valence electrons. The van der Waals surface area contributed by atoms with Crippen LogP contribution >= 0.6 is 0 Å². The number of ketones is 1. The highest BCUT2D eigenvalue weighted by Gasteiger charge is 2.14. The van der Waals surface area contributed by atoms with Gasteiger partial charge in [-0.15, -0.1) is 0 Å². The van der Waals surface area contributed by atoms with Gasteiger partial charge in [0.15, 0.2) is 12.4 Å². The zero-order valence-electron chi connectivity index (χ0n) is 9.02. The molecule has 0 saturated carbocycles. The van der Waals surface area contributed by atoms with Crippen molar-refractivity contribution in [2.24, 2.45) is 0 Å². The van der Waals surface area contributed by atoms with E-state index in [2.05, 4.69) is 0 Å². The topological polar surface area (TPSA) is 35.5 Å². The van der Waals surface area contributed by atoms with Gasteiger partial charge in [0.05, 0.1) is 6.61 Å². The van der Waals surface area contributed by atoms with Crippen LogP contribution in [0.15, 0.2) is 42.2 Å². The van der Waals surface area contributed by atoms with Gasteiger partial charge in [0, 0.05) is 0 Å². The fourth-order valence-corrected chi connectivity index (χ4v) is 1.49. The monoisotopic (exact) mass is 218 g/mol. The number of benzene rings is 1. The van der Waals surface area contributed by atoms with Gasteiger partial charge in [-0.1, -0.05) is 18.2 Å². The van der Waals surface area contributed by atoms with Gasteiger partial charge < -0.3 is 9.47 Å². The van der Waals surface area contributed by atoms with Crippen LogP contribution in [0.3, 0.4) is 0 Å². The maximum atomic E-state index is 11.7. The van der Waals surface area contributed by atoms with Crippen LogP contribution in [0.1, 0.15) is 12.8 Å². The van der Waals surface area contributed by atoms with Crippen molar-refractivity contribution < 1.29 is 14.3 Å². The molecule has 0 aromatic heterocycles. The normalized spacial score (nSPS) is 14.9. The highest BCUT2D eigenvalue weighted by Crippen LogP contribution is 2.13. The van der Waals surface area contributed by atoms with Gasteiger partial charge in [0.25, 0.3) is 0 Å². The Morgan fingerprint density at radius 3 is 2.81 bits per heavy atom. The Balaban J connectivity index is 1.86. The Kier molecular flexibility index (Phi) is 3.59. The van der Waals surface area contributed by atoms with Gasteiger partial charge in [0.1, 0.15) is 5.75 Å². The minimum Gasteiger partial charge on any atom is -0.490 e. The lowest BCUT2D eigenvalue weighted by Crippen LogP contribution is -2.18. The highest BCUT2D eigenvalue weighted by molar-refractivity contribution is 5.94. The Hall–Kier alpha value is -1.77. The van der Waals surface area contributed by atoms with E-state index >= 15 is 0 Å². The number of ether oxygens (including phenoxy) is 2. The average Bonchev–Trinajstić information content (AvgIpc) is 2.38. The molecule has 3 nitrogen and oxygen atoms in total. The van der Waals surface area contributed by atoms with E-state index in [1.54, 1.807) is 0 Å². The van der Waals surface area contributed by atoms with E-state index < -0.39 is 0 Å². The molecule has 16 heavy (non-hydrogen) atoms. The van der Waals surface area contributed by atoms with Gasteiger partial charge in [0.2, 0.25) is 5.78 Å². The lowest BCUT2D eigenvalue weighted by molar-refractivity contribution is -0.121. The molecule has 0 bridgehead atoms. The summed E-state index contributed by atoms with van der Waals surface area (Å²) in [7, 11) is 0. The van der Waals surface area contributed by atoms with Crippen LogP contribution in [0, 0.1) is 0 Å². The molecular formula is C13H14O3. The van der Waals surface area contributed by atoms with Crippen molar-refractivity contribution in [2.45, 2.75) is 12.8 Å². The molecule has 0 fully saturated rings. The van der Waals surface area contributed by atoms with E-state index in [-0.39, 0.29) is 12.4 Å². The predicted molar refractivity (Wildman–Crippen MR) is 60.2 cm³/mol. The summed E-state index contributed by atoms with van der Waals surface area (Å²) >= 11 is 0. The number of rotatable bonds is 4. The first kappa shape index (κ1) is 10.7. The fourth-order valence-electron chi connectivity index (χ4n) is 1.49. The molecule has 0 spiro atoms. The minimum atomic E-state index is -0.0939. The first-order valence-electron chi connectivity index (χ1n) is 5.40. The second kappa shape index (κ2) is 5.35. The van der Waals surface area contributed by atoms with E-state index in [0.717, 1.165) is 12.8 Å². The molecule has 0 unspecified atom stereocenters. The summed E-state index contributed by atoms with van der Waals surface area (Å²) in [6, 6.07) is 9.29. The third-order valence-corrected chi connectivity index (χ3v) is 2.32. The molecule has 1 aromatic rings. The summed E-state index contributed by atoms with van der Waals surface area (Å²) in [5, 5.41) is 0.